The SMILES string of the molecule is CC(=O)O.CCCCCCCCCCCCC(C)(C)C(O)CN.Cl. The van der Waals surface area contributed by atoms with Crippen LogP contribution in [0.15, 0.2) is 0 Å². The van der Waals surface area contributed by atoms with Crippen LogP contribution in [0.5, 0.6) is 0 Å². The van der Waals surface area contributed by atoms with Crippen molar-refractivity contribution in [3.05, 3.63) is 0 Å². The van der Waals surface area contributed by atoms with E-state index in [1.54, 1.807) is 0 Å². The molecular weight excluding hydrogens is 326 g/mol. The normalized spacial score (nSPS) is 11.9. The summed E-state index contributed by atoms with van der Waals surface area (Å²) in [6.07, 6.45) is 14.4. The molecule has 0 spiro atoms. The van der Waals surface area contributed by atoms with E-state index in [0.717, 1.165) is 13.3 Å². The molecule has 4 nitrogen and oxygen atoms in total. The van der Waals surface area contributed by atoms with Crippen LogP contribution in [0.2, 0.25) is 0 Å². The van der Waals surface area contributed by atoms with E-state index >= 15 is 0 Å². The molecule has 148 valence electrons. The first-order chi connectivity index (χ1) is 10.8. The fourth-order valence-electron chi connectivity index (χ4n) is 2.55. The fourth-order valence-corrected chi connectivity index (χ4v) is 2.55. The molecule has 24 heavy (non-hydrogen) atoms. The van der Waals surface area contributed by atoms with Gasteiger partial charge in [0.15, 0.2) is 0 Å². The third kappa shape index (κ3) is 21.7. The molecule has 0 aromatic carbocycles. The number of nitrogens with two attached hydrogens (primary N) is 1. The van der Waals surface area contributed by atoms with Gasteiger partial charge in [-0.2, -0.15) is 0 Å². The Kier molecular flexibility index (Phi) is 22.6. The number of aliphatic hydroxyl groups excluding tert-OH is 1. The van der Waals surface area contributed by atoms with Gasteiger partial charge in [-0.25, -0.2) is 0 Å². The Hall–Kier alpha value is -0.320. The molecule has 0 saturated carbocycles. The average Bonchev–Trinajstić information content (AvgIpc) is 2.47. The van der Waals surface area contributed by atoms with Gasteiger partial charge in [0.25, 0.3) is 5.97 Å². The Balaban J connectivity index is -0.000000787. The number of hydrogen-bond acceptors (Lipinski definition) is 3. The van der Waals surface area contributed by atoms with E-state index in [1.165, 1.54) is 64.2 Å². The number of hydrogen-bond donors (Lipinski definition) is 3. The van der Waals surface area contributed by atoms with Gasteiger partial charge in [0.2, 0.25) is 0 Å². The lowest BCUT2D eigenvalue weighted by molar-refractivity contribution is -0.134. The summed E-state index contributed by atoms with van der Waals surface area (Å²) in [7, 11) is 0. The topological polar surface area (TPSA) is 83.5 Å². The van der Waals surface area contributed by atoms with Crippen molar-refractivity contribution in [2.45, 2.75) is 104 Å². The first-order valence-electron chi connectivity index (χ1n) is 9.35. The molecule has 0 fully saturated rings. The van der Waals surface area contributed by atoms with Crippen molar-refractivity contribution in [3.8, 4) is 0 Å². The number of carbonyl (C=O) groups is 1. The van der Waals surface area contributed by atoms with Crippen molar-refractivity contribution in [2.24, 2.45) is 11.1 Å². The fraction of sp³-hybridized carbons (Fsp3) is 0.947. The van der Waals surface area contributed by atoms with Crippen molar-refractivity contribution < 1.29 is 15.0 Å². The lowest BCUT2D eigenvalue weighted by Gasteiger charge is -2.29. The zero-order chi connectivity index (χ0) is 18.1. The molecule has 0 aliphatic rings. The lowest BCUT2D eigenvalue weighted by atomic mass is 9.81. The Morgan fingerprint density at radius 1 is 0.958 bits per heavy atom. The second-order valence-electron chi connectivity index (χ2n) is 7.19. The maximum atomic E-state index is 9.80. The molecule has 0 aromatic heterocycles. The van der Waals surface area contributed by atoms with E-state index in [-0.39, 0.29) is 23.9 Å². The second kappa shape index (κ2) is 19.0. The molecule has 0 amide bonds. The highest BCUT2D eigenvalue weighted by Gasteiger charge is 2.25. The third-order valence-corrected chi connectivity index (χ3v) is 4.30. The van der Waals surface area contributed by atoms with Crippen LogP contribution in [0.4, 0.5) is 0 Å². The summed E-state index contributed by atoms with van der Waals surface area (Å²) in [4.78, 5) is 9.00. The summed E-state index contributed by atoms with van der Waals surface area (Å²) in [5.41, 5.74) is 5.51. The monoisotopic (exact) mass is 367 g/mol. The molecular formula is C19H42ClNO3. The van der Waals surface area contributed by atoms with Crippen LogP contribution in [0.1, 0.15) is 98.3 Å². The Morgan fingerprint density at radius 2 is 1.29 bits per heavy atom. The molecule has 1 unspecified atom stereocenters. The average molecular weight is 368 g/mol. The molecule has 0 aliphatic carbocycles. The maximum Gasteiger partial charge on any atom is 0.300 e. The number of halogens is 1. The van der Waals surface area contributed by atoms with E-state index in [4.69, 9.17) is 15.6 Å². The van der Waals surface area contributed by atoms with Crippen molar-refractivity contribution in [3.63, 3.8) is 0 Å². The predicted molar refractivity (Wildman–Crippen MR) is 106 cm³/mol. The van der Waals surface area contributed by atoms with Crippen molar-refractivity contribution in [1.29, 1.82) is 0 Å². The van der Waals surface area contributed by atoms with Gasteiger partial charge in [0, 0.05) is 13.5 Å². The van der Waals surface area contributed by atoms with Crippen molar-refractivity contribution in [1.82, 2.24) is 0 Å². The quantitative estimate of drug-likeness (QED) is 0.393. The van der Waals surface area contributed by atoms with Gasteiger partial charge in [-0.05, 0) is 11.8 Å². The highest BCUT2D eigenvalue weighted by atomic mass is 35.5. The summed E-state index contributed by atoms with van der Waals surface area (Å²) < 4.78 is 0. The molecule has 0 aliphatic heterocycles. The molecule has 0 saturated heterocycles. The van der Waals surface area contributed by atoms with Crippen LogP contribution in [0.25, 0.3) is 0 Å². The predicted octanol–water partition coefficient (Wildman–Crippen LogP) is 5.16. The van der Waals surface area contributed by atoms with Crippen molar-refractivity contribution in [2.75, 3.05) is 6.54 Å². The molecule has 1 atom stereocenters. The van der Waals surface area contributed by atoms with Gasteiger partial charge in [0.05, 0.1) is 6.10 Å². The zero-order valence-corrected chi connectivity index (χ0v) is 17.2. The third-order valence-electron chi connectivity index (χ3n) is 4.30. The van der Waals surface area contributed by atoms with Crippen LogP contribution in [0.3, 0.4) is 0 Å². The minimum absolute atomic E-state index is 0. The van der Waals surface area contributed by atoms with E-state index < -0.39 is 5.97 Å². The van der Waals surface area contributed by atoms with Crippen LogP contribution < -0.4 is 5.73 Å². The number of carboxylic acid groups (broad SMARTS) is 1. The van der Waals surface area contributed by atoms with Crippen molar-refractivity contribution >= 4 is 18.4 Å². The second-order valence-corrected chi connectivity index (χ2v) is 7.19. The van der Waals surface area contributed by atoms with Crippen LogP contribution in [-0.4, -0.2) is 28.8 Å². The summed E-state index contributed by atoms with van der Waals surface area (Å²) >= 11 is 0. The van der Waals surface area contributed by atoms with Crippen LogP contribution in [0, 0.1) is 5.41 Å². The number of aliphatic carboxylic acids is 1. The number of unbranched alkanes of at least 4 members (excludes halogenated alkanes) is 9. The number of aliphatic hydroxyl groups is 1. The zero-order valence-electron chi connectivity index (χ0n) is 16.4. The van der Waals surface area contributed by atoms with E-state index in [0.29, 0.717) is 6.54 Å². The smallest absolute Gasteiger partial charge is 0.300 e. The Morgan fingerprint density at radius 3 is 1.62 bits per heavy atom. The molecule has 0 bridgehead atoms. The van der Waals surface area contributed by atoms with E-state index in [2.05, 4.69) is 20.8 Å². The van der Waals surface area contributed by atoms with Crippen LogP contribution in [-0.2, 0) is 4.79 Å². The minimum Gasteiger partial charge on any atom is -0.481 e. The van der Waals surface area contributed by atoms with Gasteiger partial charge < -0.3 is 15.9 Å². The summed E-state index contributed by atoms with van der Waals surface area (Å²) in [5.74, 6) is -0.833. The van der Waals surface area contributed by atoms with Crippen LogP contribution >= 0.6 is 12.4 Å². The molecule has 0 rings (SSSR count). The van der Waals surface area contributed by atoms with Gasteiger partial charge in [-0.1, -0.05) is 85.0 Å². The minimum atomic E-state index is -0.833. The number of rotatable bonds is 13. The van der Waals surface area contributed by atoms with Gasteiger partial charge in [-0.3, -0.25) is 4.79 Å². The summed E-state index contributed by atoms with van der Waals surface area (Å²) in [6.45, 7) is 7.98. The summed E-state index contributed by atoms with van der Waals surface area (Å²) in [6, 6.07) is 0. The molecule has 5 heteroatoms. The van der Waals surface area contributed by atoms with Gasteiger partial charge in [0.1, 0.15) is 0 Å². The summed E-state index contributed by atoms with van der Waals surface area (Å²) in [5, 5.41) is 17.2. The highest BCUT2D eigenvalue weighted by Crippen LogP contribution is 2.27. The number of carboxylic acids is 1. The molecule has 0 radical (unpaired) electrons. The maximum absolute atomic E-state index is 9.80. The first kappa shape index (κ1) is 28.5. The first-order valence-corrected chi connectivity index (χ1v) is 9.35. The Labute approximate surface area is 156 Å². The van der Waals surface area contributed by atoms with E-state index in [1.807, 2.05) is 0 Å². The Bertz CT molecular complexity index is 269. The lowest BCUT2D eigenvalue weighted by Crippen LogP contribution is -2.35. The standard InChI is InChI=1S/C17H37NO.C2H4O2.ClH/c1-4-5-6-7-8-9-10-11-12-13-14-17(2,3)16(19)15-18;1-2(3)4;/h16,19H,4-15,18H2,1-3H3;1H3,(H,3,4);1H. The van der Waals surface area contributed by atoms with E-state index in [9.17, 15) is 5.11 Å². The largest absolute Gasteiger partial charge is 0.481 e. The molecule has 0 aromatic rings. The highest BCUT2D eigenvalue weighted by molar-refractivity contribution is 5.85. The van der Waals surface area contributed by atoms with Gasteiger partial charge >= 0.3 is 0 Å². The molecule has 0 heterocycles. The van der Waals surface area contributed by atoms with Gasteiger partial charge in [-0.15, -0.1) is 12.4 Å². The molecule has 4 N–H and O–H groups in total.